The molecule has 1 fully saturated rings. The van der Waals surface area contributed by atoms with Gasteiger partial charge in [0, 0.05) is 31.7 Å². The topological polar surface area (TPSA) is 63.7 Å². The average molecular weight is 321 g/mol. The first-order valence-corrected chi connectivity index (χ1v) is 8.08. The van der Waals surface area contributed by atoms with Crippen molar-refractivity contribution in [1.29, 1.82) is 0 Å². The second kappa shape index (κ2) is 7.64. The van der Waals surface area contributed by atoms with Crippen LogP contribution in [0.25, 0.3) is 0 Å². The zero-order valence-electron chi connectivity index (χ0n) is 14.5. The van der Waals surface area contributed by atoms with E-state index in [1.165, 1.54) is 0 Å². The summed E-state index contributed by atoms with van der Waals surface area (Å²) in [7, 11) is 1.61. The normalized spacial score (nSPS) is 18.6. The Hall–Kier alpha value is -1.82. The Morgan fingerprint density at radius 1 is 1.43 bits per heavy atom. The molecule has 1 unspecified atom stereocenters. The Morgan fingerprint density at radius 2 is 2.22 bits per heavy atom. The number of rotatable bonds is 4. The van der Waals surface area contributed by atoms with Gasteiger partial charge in [-0.3, -0.25) is 0 Å². The Kier molecular flexibility index (Phi) is 5.82. The van der Waals surface area contributed by atoms with Crippen molar-refractivity contribution < 1.29 is 14.3 Å². The molecule has 1 atom stereocenters. The standard InChI is InChI=1S/C17H27N3O3/c1-17(2,3)23-16(21)20-10-6-8-14(12-20)18-11-13-7-5-9-15(19-13)22-4/h5,7,9,14,18H,6,8,10-12H2,1-4H3. The minimum Gasteiger partial charge on any atom is -0.481 e. The third-order valence-electron chi connectivity index (χ3n) is 3.64. The van der Waals surface area contributed by atoms with E-state index in [2.05, 4.69) is 10.3 Å². The lowest BCUT2D eigenvalue weighted by molar-refractivity contribution is 0.0187. The van der Waals surface area contributed by atoms with E-state index < -0.39 is 5.60 Å². The Morgan fingerprint density at radius 3 is 2.91 bits per heavy atom. The molecule has 128 valence electrons. The molecule has 2 rings (SSSR count). The fraction of sp³-hybridized carbons (Fsp3) is 0.647. The predicted molar refractivity (Wildman–Crippen MR) is 88.5 cm³/mol. The van der Waals surface area contributed by atoms with Crippen LogP contribution in [0.4, 0.5) is 4.79 Å². The molecule has 0 saturated carbocycles. The highest BCUT2D eigenvalue weighted by atomic mass is 16.6. The summed E-state index contributed by atoms with van der Waals surface area (Å²) in [5.74, 6) is 0.614. The summed E-state index contributed by atoms with van der Waals surface area (Å²) in [6, 6.07) is 5.97. The minimum absolute atomic E-state index is 0.233. The smallest absolute Gasteiger partial charge is 0.410 e. The lowest BCUT2D eigenvalue weighted by atomic mass is 10.1. The van der Waals surface area contributed by atoms with E-state index in [0.717, 1.165) is 25.1 Å². The quantitative estimate of drug-likeness (QED) is 0.923. The SMILES string of the molecule is COc1cccc(CNC2CCCN(C(=O)OC(C)(C)C)C2)n1. The van der Waals surface area contributed by atoms with Gasteiger partial charge in [-0.15, -0.1) is 0 Å². The lowest BCUT2D eigenvalue weighted by Crippen LogP contribution is -2.49. The number of nitrogens with one attached hydrogen (secondary N) is 1. The zero-order chi connectivity index (χ0) is 16.9. The predicted octanol–water partition coefficient (Wildman–Crippen LogP) is 2.58. The maximum absolute atomic E-state index is 12.2. The molecule has 23 heavy (non-hydrogen) atoms. The summed E-state index contributed by atoms with van der Waals surface area (Å²) < 4.78 is 10.6. The van der Waals surface area contributed by atoms with Gasteiger partial charge in [-0.2, -0.15) is 0 Å². The van der Waals surface area contributed by atoms with E-state index in [1.807, 2.05) is 39.0 Å². The van der Waals surface area contributed by atoms with Gasteiger partial charge in [0.1, 0.15) is 5.60 Å². The van der Waals surface area contributed by atoms with Crippen LogP contribution in [0.1, 0.15) is 39.3 Å². The molecule has 0 radical (unpaired) electrons. The van der Waals surface area contributed by atoms with Crippen molar-refractivity contribution in [2.45, 2.75) is 51.8 Å². The van der Waals surface area contributed by atoms with Crippen molar-refractivity contribution in [3.8, 4) is 5.88 Å². The molecule has 6 heteroatoms. The number of amides is 1. The van der Waals surface area contributed by atoms with Crippen molar-refractivity contribution in [3.05, 3.63) is 23.9 Å². The van der Waals surface area contributed by atoms with Crippen molar-refractivity contribution in [3.63, 3.8) is 0 Å². The van der Waals surface area contributed by atoms with Crippen LogP contribution in [0.2, 0.25) is 0 Å². The number of pyridine rings is 1. The fourth-order valence-corrected chi connectivity index (χ4v) is 2.55. The number of carbonyl (C=O) groups is 1. The van der Waals surface area contributed by atoms with Gasteiger partial charge in [0.05, 0.1) is 12.8 Å². The van der Waals surface area contributed by atoms with Gasteiger partial charge in [0.15, 0.2) is 0 Å². The number of aromatic nitrogens is 1. The largest absolute Gasteiger partial charge is 0.481 e. The summed E-state index contributed by atoms with van der Waals surface area (Å²) in [5, 5.41) is 3.47. The number of methoxy groups -OCH3 is 1. The van der Waals surface area contributed by atoms with Crippen LogP contribution < -0.4 is 10.1 Å². The van der Waals surface area contributed by atoms with Gasteiger partial charge in [-0.05, 0) is 39.7 Å². The van der Waals surface area contributed by atoms with Crippen LogP contribution in [0.3, 0.4) is 0 Å². The van der Waals surface area contributed by atoms with Crippen LogP contribution in [-0.2, 0) is 11.3 Å². The van der Waals surface area contributed by atoms with Crippen molar-refractivity contribution in [1.82, 2.24) is 15.2 Å². The van der Waals surface area contributed by atoms with E-state index >= 15 is 0 Å². The minimum atomic E-state index is -0.456. The number of likely N-dealkylation sites (tertiary alicyclic amines) is 1. The molecule has 1 amide bonds. The number of hydrogen-bond acceptors (Lipinski definition) is 5. The molecule has 1 aromatic rings. The number of piperidine rings is 1. The molecular weight excluding hydrogens is 294 g/mol. The molecule has 0 aromatic carbocycles. The maximum Gasteiger partial charge on any atom is 0.410 e. The van der Waals surface area contributed by atoms with E-state index in [-0.39, 0.29) is 12.1 Å². The summed E-state index contributed by atoms with van der Waals surface area (Å²) in [6.07, 6.45) is 1.79. The Bertz CT molecular complexity index is 528. The van der Waals surface area contributed by atoms with Crippen LogP contribution in [0, 0.1) is 0 Å². The molecule has 1 aliphatic heterocycles. The summed E-state index contributed by atoms with van der Waals surface area (Å²) >= 11 is 0. The molecule has 0 aliphatic carbocycles. The Labute approximate surface area is 138 Å². The molecule has 1 aliphatic rings. The Balaban J connectivity index is 1.85. The van der Waals surface area contributed by atoms with Crippen molar-refractivity contribution in [2.75, 3.05) is 20.2 Å². The average Bonchev–Trinajstić information content (AvgIpc) is 2.52. The number of ether oxygens (including phenoxy) is 2. The monoisotopic (exact) mass is 321 g/mol. The van der Waals surface area contributed by atoms with Crippen LogP contribution in [-0.4, -0.2) is 47.8 Å². The molecule has 1 aromatic heterocycles. The van der Waals surface area contributed by atoms with E-state index in [1.54, 1.807) is 12.0 Å². The van der Waals surface area contributed by atoms with Crippen molar-refractivity contribution >= 4 is 6.09 Å². The molecule has 0 bridgehead atoms. The van der Waals surface area contributed by atoms with E-state index in [0.29, 0.717) is 19.0 Å². The third-order valence-corrected chi connectivity index (χ3v) is 3.64. The van der Waals surface area contributed by atoms with Gasteiger partial charge in [-0.1, -0.05) is 6.07 Å². The maximum atomic E-state index is 12.2. The first kappa shape index (κ1) is 17.5. The molecule has 6 nitrogen and oxygen atoms in total. The van der Waals surface area contributed by atoms with Gasteiger partial charge < -0.3 is 19.7 Å². The second-order valence-corrected chi connectivity index (χ2v) is 6.82. The highest BCUT2D eigenvalue weighted by Gasteiger charge is 2.27. The fourth-order valence-electron chi connectivity index (χ4n) is 2.55. The molecule has 1 saturated heterocycles. The molecule has 2 heterocycles. The van der Waals surface area contributed by atoms with Crippen LogP contribution in [0.15, 0.2) is 18.2 Å². The summed E-state index contributed by atoms with van der Waals surface area (Å²) in [6.45, 7) is 7.74. The first-order chi connectivity index (χ1) is 10.9. The van der Waals surface area contributed by atoms with Gasteiger partial charge >= 0.3 is 6.09 Å². The highest BCUT2D eigenvalue weighted by molar-refractivity contribution is 5.68. The summed E-state index contributed by atoms with van der Waals surface area (Å²) in [4.78, 5) is 18.3. The number of nitrogens with zero attached hydrogens (tertiary/aromatic N) is 2. The molecular formula is C17H27N3O3. The van der Waals surface area contributed by atoms with Crippen LogP contribution >= 0.6 is 0 Å². The van der Waals surface area contributed by atoms with Gasteiger partial charge in [0.2, 0.25) is 5.88 Å². The first-order valence-electron chi connectivity index (χ1n) is 8.08. The van der Waals surface area contributed by atoms with Gasteiger partial charge in [0.25, 0.3) is 0 Å². The summed E-state index contributed by atoms with van der Waals surface area (Å²) in [5.41, 5.74) is 0.473. The van der Waals surface area contributed by atoms with Crippen LogP contribution in [0.5, 0.6) is 5.88 Å². The lowest BCUT2D eigenvalue weighted by Gasteiger charge is -2.34. The van der Waals surface area contributed by atoms with E-state index in [4.69, 9.17) is 9.47 Å². The number of carbonyl (C=O) groups excluding carboxylic acids is 1. The zero-order valence-corrected chi connectivity index (χ0v) is 14.5. The molecule has 0 spiro atoms. The van der Waals surface area contributed by atoms with Crippen molar-refractivity contribution in [2.24, 2.45) is 0 Å². The third kappa shape index (κ3) is 5.71. The van der Waals surface area contributed by atoms with E-state index in [9.17, 15) is 4.79 Å². The molecule has 1 N–H and O–H groups in total. The van der Waals surface area contributed by atoms with Gasteiger partial charge in [-0.25, -0.2) is 9.78 Å². The number of hydrogen-bond donors (Lipinski definition) is 1. The second-order valence-electron chi connectivity index (χ2n) is 6.82. The highest BCUT2D eigenvalue weighted by Crippen LogP contribution is 2.16.